The van der Waals surface area contributed by atoms with Gasteiger partial charge in [0.25, 0.3) is 0 Å². The largest absolute Gasteiger partial charge is 0.390 e. The Kier molecular flexibility index (Phi) is 1.51. The normalized spacial score (nSPS) is 14.3. The van der Waals surface area contributed by atoms with E-state index in [0.717, 1.165) is 24.5 Å². The summed E-state index contributed by atoms with van der Waals surface area (Å²) in [6, 6.07) is 3.89. The number of aliphatic hydroxyl groups is 1. The topological polar surface area (TPSA) is 45.2 Å². The fraction of sp³-hybridized carbons (Fsp3) is 0.375. The van der Waals surface area contributed by atoms with E-state index in [-0.39, 0.29) is 6.61 Å². The lowest BCUT2D eigenvalue weighted by atomic mass is 10.2. The molecule has 2 heterocycles. The Labute approximate surface area is 65.1 Å². The van der Waals surface area contributed by atoms with Gasteiger partial charge in [-0.2, -0.15) is 0 Å². The number of hydrogen-bond donors (Lipinski definition) is 2. The molecule has 0 saturated carbocycles. The van der Waals surface area contributed by atoms with E-state index in [0.29, 0.717) is 0 Å². The van der Waals surface area contributed by atoms with Crippen molar-refractivity contribution in [2.75, 3.05) is 11.9 Å². The molecular formula is C8H10N2O. The summed E-state index contributed by atoms with van der Waals surface area (Å²) >= 11 is 0. The number of aromatic nitrogens is 1. The molecule has 1 aromatic heterocycles. The summed E-state index contributed by atoms with van der Waals surface area (Å²) in [7, 11) is 0. The molecular weight excluding hydrogens is 140 g/mol. The van der Waals surface area contributed by atoms with Crippen LogP contribution in [-0.4, -0.2) is 16.6 Å². The lowest BCUT2D eigenvalue weighted by Gasteiger charge is -1.99. The average molecular weight is 150 g/mol. The van der Waals surface area contributed by atoms with Crippen LogP contribution in [0.25, 0.3) is 0 Å². The number of nitrogens with zero attached hydrogens (tertiary/aromatic N) is 1. The Balaban J connectivity index is 2.41. The monoisotopic (exact) mass is 150 g/mol. The maximum Gasteiger partial charge on any atom is 0.129 e. The lowest BCUT2D eigenvalue weighted by Crippen LogP contribution is -1.95. The van der Waals surface area contributed by atoms with E-state index < -0.39 is 0 Å². The van der Waals surface area contributed by atoms with Crippen LogP contribution in [0, 0.1) is 0 Å². The van der Waals surface area contributed by atoms with Crippen LogP contribution in [0.3, 0.4) is 0 Å². The second kappa shape index (κ2) is 2.51. The van der Waals surface area contributed by atoms with Crippen molar-refractivity contribution in [3.8, 4) is 0 Å². The Hall–Kier alpha value is -1.09. The van der Waals surface area contributed by atoms with E-state index in [1.807, 2.05) is 12.1 Å². The molecule has 0 spiro atoms. The van der Waals surface area contributed by atoms with E-state index in [1.54, 1.807) is 0 Å². The molecule has 0 unspecified atom stereocenters. The zero-order valence-corrected chi connectivity index (χ0v) is 6.17. The van der Waals surface area contributed by atoms with Gasteiger partial charge in [-0.3, -0.25) is 0 Å². The number of hydrogen-bond acceptors (Lipinski definition) is 3. The maximum atomic E-state index is 8.78. The average Bonchev–Trinajstić information content (AvgIpc) is 2.50. The van der Waals surface area contributed by atoms with Crippen molar-refractivity contribution in [2.45, 2.75) is 13.0 Å². The van der Waals surface area contributed by atoms with Crippen LogP contribution in [0.5, 0.6) is 0 Å². The van der Waals surface area contributed by atoms with Crippen LogP contribution in [0.1, 0.15) is 11.3 Å². The first kappa shape index (κ1) is 6.61. The predicted molar refractivity (Wildman–Crippen MR) is 42.4 cm³/mol. The quantitative estimate of drug-likeness (QED) is 0.614. The molecule has 3 heteroatoms. The van der Waals surface area contributed by atoms with Gasteiger partial charge in [-0.05, 0) is 18.1 Å². The second-order valence-corrected chi connectivity index (χ2v) is 2.65. The van der Waals surface area contributed by atoms with Crippen LogP contribution >= 0.6 is 0 Å². The molecule has 11 heavy (non-hydrogen) atoms. The number of anilines is 1. The first-order valence-electron chi connectivity index (χ1n) is 3.73. The van der Waals surface area contributed by atoms with Crippen LogP contribution in [-0.2, 0) is 13.0 Å². The lowest BCUT2D eigenvalue weighted by molar-refractivity contribution is 0.277. The highest BCUT2D eigenvalue weighted by molar-refractivity contribution is 5.49. The number of fused-ring (bicyclic) bond motifs is 1. The summed E-state index contributed by atoms with van der Waals surface area (Å²) in [5, 5.41) is 11.9. The van der Waals surface area contributed by atoms with Gasteiger partial charge in [0.05, 0.1) is 12.3 Å². The SMILES string of the molecule is OCc1ccc2c(n1)NCC2. The van der Waals surface area contributed by atoms with E-state index in [2.05, 4.69) is 10.3 Å². The van der Waals surface area contributed by atoms with E-state index >= 15 is 0 Å². The summed E-state index contributed by atoms with van der Waals surface area (Å²) in [5.74, 6) is 0.941. The molecule has 3 nitrogen and oxygen atoms in total. The van der Waals surface area contributed by atoms with Crippen LogP contribution in [0.2, 0.25) is 0 Å². The smallest absolute Gasteiger partial charge is 0.129 e. The predicted octanol–water partition coefficient (Wildman–Crippen LogP) is 0.542. The first-order valence-corrected chi connectivity index (χ1v) is 3.73. The van der Waals surface area contributed by atoms with Crippen molar-refractivity contribution < 1.29 is 5.11 Å². The van der Waals surface area contributed by atoms with Gasteiger partial charge in [0.15, 0.2) is 0 Å². The highest BCUT2D eigenvalue weighted by atomic mass is 16.3. The third-order valence-corrected chi connectivity index (χ3v) is 1.89. The molecule has 1 aromatic rings. The molecule has 0 aromatic carbocycles. The molecule has 58 valence electrons. The first-order chi connectivity index (χ1) is 5.40. The van der Waals surface area contributed by atoms with Crippen molar-refractivity contribution in [1.29, 1.82) is 0 Å². The molecule has 0 radical (unpaired) electrons. The molecule has 2 rings (SSSR count). The number of aliphatic hydroxyl groups excluding tert-OH is 1. The van der Waals surface area contributed by atoms with Gasteiger partial charge in [0.1, 0.15) is 5.82 Å². The number of nitrogens with one attached hydrogen (secondary N) is 1. The van der Waals surface area contributed by atoms with Gasteiger partial charge in [-0.15, -0.1) is 0 Å². The van der Waals surface area contributed by atoms with Crippen molar-refractivity contribution in [1.82, 2.24) is 4.98 Å². The summed E-state index contributed by atoms with van der Waals surface area (Å²) in [6.45, 7) is 0.992. The van der Waals surface area contributed by atoms with Crippen LogP contribution in [0.4, 0.5) is 5.82 Å². The van der Waals surface area contributed by atoms with Gasteiger partial charge < -0.3 is 10.4 Å². The summed E-state index contributed by atoms with van der Waals surface area (Å²) in [5.41, 5.74) is 1.99. The van der Waals surface area contributed by atoms with Crippen LogP contribution < -0.4 is 5.32 Å². The summed E-state index contributed by atoms with van der Waals surface area (Å²) < 4.78 is 0. The van der Waals surface area contributed by atoms with Crippen molar-refractivity contribution in [3.63, 3.8) is 0 Å². The van der Waals surface area contributed by atoms with Gasteiger partial charge in [0, 0.05) is 6.54 Å². The number of rotatable bonds is 1. The highest BCUT2D eigenvalue weighted by Gasteiger charge is 2.10. The molecule has 1 aliphatic heterocycles. The summed E-state index contributed by atoms with van der Waals surface area (Å²) in [4.78, 5) is 4.21. The fourth-order valence-electron chi connectivity index (χ4n) is 1.29. The maximum absolute atomic E-state index is 8.78. The molecule has 0 amide bonds. The van der Waals surface area contributed by atoms with Crippen molar-refractivity contribution in [3.05, 3.63) is 23.4 Å². The minimum Gasteiger partial charge on any atom is -0.390 e. The van der Waals surface area contributed by atoms with Gasteiger partial charge in [0.2, 0.25) is 0 Å². The molecule has 0 saturated heterocycles. The molecule has 1 aliphatic rings. The Morgan fingerprint density at radius 3 is 3.27 bits per heavy atom. The molecule has 2 N–H and O–H groups in total. The van der Waals surface area contributed by atoms with E-state index in [4.69, 9.17) is 5.11 Å². The highest BCUT2D eigenvalue weighted by Crippen LogP contribution is 2.19. The zero-order chi connectivity index (χ0) is 7.68. The number of pyridine rings is 1. The van der Waals surface area contributed by atoms with Crippen molar-refractivity contribution >= 4 is 5.82 Å². The Bertz CT molecular complexity index is 273. The van der Waals surface area contributed by atoms with E-state index in [1.165, 1.54) is 5.56 Å². The van der Waals surface area contributed by atoms with E-state index in [9.17, 15) is 0 Å². The molecule has 0 aliphatic carbocycles. The van der Waals surface area contributed by atoms with Crippen LogP contribution in [0.15, 0.2) is 12.1 Å². The minimum absolute atomic E-state index is 0.0228. The van der Waals surface area contributed by atoms with Gasteiger partial charge >= 0.3 is 0 Å². The fourth-order valence-corrected chi connectivity index (χ4v) is 1.29. The third kappa shape index (κ3) is 1.07. The zero-order valence-electron chi connectivity index (χ0n) is 6.17. The Morgan fingerprint density at radius 1 is 1.55 bits per heavy atom. The minimum atomic E-state index is 0.0228. The van der Waals surface area contributed by atoms with Crippen molar-refractivity contribution in [2.24, 2.45) is 0 Å². The summed E-state index contributed by atoms with van der Waals surface area (Å²) in [6.07, 6.45) is 1.05. The van der Waals surface area contributed by atoms with Gasteiger partial charge in [-0.25, -0.2) is 4.98 Å². The molecule has 0 bridgehead atoms. The second-order valence-electron chi connectivity index (χ2n) is 2.65. The standard InChI is InChI=1S/C8H10N2O/c11-5-7-2-1-6-3-4-9-8(6)10-7/h1-2,11H,3-5H2,(H,9,10). The third-order valence-electron chi connectivity index (χ3n) is 1.89. The molecule has 0 fully saturated rings. The van der Waals surface area contributed by atoms with Gasteiger partial charge in [-0.1, -0.05) is 6.07 Å². The Morgan fingerprint density at radius 2 is 2.45 bits per heavy atom. The molecule has 0 atom stereocenters.